The number of aromatic nitrogens is 2. The molecule has 0 aliphatic carbocycles. The van der Waals surface area contributed by atoms with Crippen LogP contribution in [0.5, 0.6) is 0 Å². The number of piperidine rings is 1. The molecule has 1 aromatic carbocycles. The molecule has 1 aromatic heterocycles. The molecule has 7 heteroatoms. The first-order valence-corrected chi connectivity index (χ1v) is 8.79. The molecule has 3 aliphatic rings. The van der Waals surface area contributed by atoms with E-state index in [1.165, 1.54) is 12.1 Å². The van der Waals surface area contributed by atoms with Crippen molar-refractivity contribution in [3.63, 3.8) is 0 Å². The van der Waals surface area contributed by atoms with Gasteiger partial charge < -0.3 is 4.90 Å². The summed E-state index contributed by atoms with van der Waals surface area (Å²) in [6.45, 7) is 6.11. The highest BCUT2D eigenvalue weighted by Gasteiger charge is 2.45. The molecule has 0 saturated carbocycles. The van der Waals surface area contributed by atoms with Gasteiger partial charge in [0.2, 0.25) is 5.95 Å². The number of fused-ring (bicyclic) bond motifs is 2. The molecular formula is C19H21F3N4. The number of benzene rings is 1. The highest BCUT2D eigenvalue weighted by molar-refractivity contribution is 5.36. The highest BCUT2D eigenvalue weighted by atomic mass is 19.4. The lowest BCUT2D eigenvalue weighted by Gasteiger charge is -2.56. The van der Waals surface area contributed by atoms with E-state index < -0.39 is 11.7 Å². The molecule has 2 aromatic rings. The summed E-state index contributed by atoms with van der Waals surface area (Å²) < 4.78 is 38.7. The lowest BCUT2D eigenvalue weighted by molar-refractivity contribution is -0.137. The van der Waals surface area contributed by atoms with E-state index in [1.807, 2.05) is 19.9 Å². The van der Waals surface area contributed by atoms with Crippen molar-refractivity contribution in [2.75, 3.05) is 18.0 Å². The number of hydrogen-bond acceptors (Lipinski definition) is 4. The number of rotatable bonds is 3. The van der Waals surface area contributed by atoms with Crippen molar-refractivity contribution < 1.29 is 13.2 Å². The van der Waals surface area contributed by atoms with Crippen molar-refractivity contribution in [2.45, 2.75) is 45.1 Å². The first-order valence-electron chi connectivity index (χ1n) is 8.79. The Balaban J connectivity index is 1.45. The largest absolute Gasteiger partial charge is 0.416 e. The predicted molar refractivity (Wildman–Crippen MR) is 92.9 cm³/mol. The van der Waals surface area contributed by atoms with E-state index in [1.54, 1.807) is 6.07 Å². The molecule has 26 heavy (non-hydrogen) atoms. The Bertz CT molecular complexity index is 788. The maximum Gasteiger partial charge on any atom is 0.416 e. The third-order valence-corrected chi connectivity index (χ3v) is 5.22. The monoisotopic (exact) mass is 362 g/mol. The zero-order valence-electron chi connectivity index (χ0n) is 14.8. The zero-order valence-corrected chi connectivity index (χ0v) is 14.8. The summed E-state index contributed by atoms with van der Waals surface area (Å²) in [5.41, 5.74) is 2.04. The van der Waals surface area contributed by atoms with Gasteiger partial charge in [-0.2, -0.15) is 13.2 Å². The molecule has 0 N–H and O–H groups in total. The van der Waals surface area contributed by atoms with Crippen LogP contribution in [0.25, 0.3) is 0 Å². The van der Waals surface area contributed by atoms with Gasteiger partial charge in [0.25, 0.3) is 0 Å². The van der Waals surface area contributed by atoms with Gasteiger partial charge >= 0.3 is 6.18 Å². The first kappa shape index (κ1) is 17.3. The van der Waals surface area contributed by atoms with E-state index in [0.29, 0.717) is 24.2 Å². The summed E-state index contributed by atoms with van der Waals surface area (Å²) in [7, 11) is 0. The molecular weight excluding hydrogens is 341 g/mol. The fourth-order valence-electron chi connectivity index (χ4n) is 4.01. The second-order valence-electron chi connectivity index (χ2n) is 7.27. The van der Waals surface area contributed by atoms with Gasteiger partial charge in [-0.15, -0.1) is 0 Å². The van der Waals surface area contributed by atoms with E-state index in [4.69, 9.17) is 0 Å². The summed E-state index contributed by atoms with van der Waals surface area (Å²) >= 11 is 0. The van der Waals surface area contributed by atoms with Crippen LogP contribution in [-0.4, -0.2) is 40.0 Å². The Morgan fingerprint density at radius 1 is 1.04 bits per heavy atom. The van der Waals surface area contributed by atoms with Gasteiger partial charge in [-0.05, 0) is 38.0 Å². The Kier molecular flexibility index (Phi) is 4.14. The van der Waals surface area contributed by atoms with Crippen LogP contribution in [0.3, 0.4) is 0 Å². The van der Waals surface area contributed by atoms with E-state index in [2.05, 4.69) is 19.8 Å². The van der Waals surface area contributed by atoms with Gasteiger partial charge in [-0.25, -0.2) is 9.97 Å². The lowest BCUT2D eigenvalue weighted by Crippen LogP contribution is -2.68. The van der Waals surface area contributed by atoms with Gasteiger partial charge in [-0.1, -0.05) is 18.2 Å². The van der Waals surface area contributed by atoms with E-state index in [-0.39, 0.29) is 0 Å². The fourth-order valence-corrected chi connectivity index (χ4v) is 4.01. The molecule has 3 aliphatic heterocycles. The smallest absolute Gasteiger partial charge is 0.338 e. The van der Waals surface area contributed by atoms with Gasteiger partial charge in [0.15, 0.2) is 0 Å². The topological polar surface area (TPSA) is 32.3 Å². The number of aryl methyl sites for hydroxylation is 2. The van der Waals surface area contributed by atoms with E-state index >= 15 is 0 Å². The van der Waals surface area contributed by atoms with E-state index in [9.17, 15) is 13.2 Å². The minimum atomic E-state index is -4.29. The molecule has 0 radical (unpaired) electrons. The second-order valence-corrected chi connectivity index (χ2v) is 7.27. The Morgan fingerprint density at radius 2 is 1.69 bits per heavy atom. The van der Waals surface area contributed by atoms with Crippen LogP contribution >= 0.6 is 0 Å². The number of nitrogens with zero attached hydrogens (tertiary/aromatic N) is 4. The van der Waals surface area contributed by atoms with Crippen LogP contribution in [0.4, 0.5) is 19.1 Å². The van der Waals surface area contributed by atoms with Gasteiger partial charge in [0.05, 0.1) is 5.56 Å². The minimum absolute atomic E-state index is 0.340. The molecule has 2 unspecified atom stereocenters. The highest BCUT2D eigenvalue weighted by Crippen LogP contribution is 2.36. The van der Waals surface area contributed by atoms with Gasteiger partial charge in [-0.3, -0.25) is 4.90 Å². The fraction of sp³-hybridized carbons (Fsp3) is 0.474. The van der Waals surface area contributed by atoms with Crippen molar-refractivity contribution in [3.8, 4) is 0 Å². The lowest BCUT2D eigenvalue weighted by atomic mass is 9.87. The van der Waals surface area contributed by atoms with Gasteiger partial charge in [0, 0.05) is 43.1 Å². The average molecular weight is 362 g/mol. The van der Waals surface area contributed by atoms with Crippen LogP contribution in [0.15, 0.2) is 30.3 Å². The Morgan fingerprint density at radius 3 is 2.31 bits per heavy atom. The maximum atomic E-state index is 12.9. The van der Waals surface area contributed by atoms with Crippen LogP contribution in [0.2, 0.25) is 0 Å². The van der Waals surface area contributed by atoms with Crippen LogP contribution in [-0.2, 0) is 12.7 Å². The molecule has 5 rings (SSSR count). The molecule has 2 atom stereocenters. The Labute approximate surface area is 150 Å². The average Bonchev–Trinajstić information content (AvgIpc) is 2.58. The summed E-state index contributed by atoms with van der Waals surface area (Å²) in [4.78, 5) is 13.6. The third kappa shape index (κ3) is 3.28. The zero-order chi connectivity index (χ0) is 18.5. The molecule has 138 valence electrons. The molecule has 2 bridgehead atoms. The van der Waals surface area contributed by atoms with Crippen LogP contribution < -0.4 is 4.90 Å². The van der Waals surface area contributed by atoms with Crippen molar-refractivity contribution in [1.82, 2.24) is 14.9 Å². The van der Waals surface area contributed by atoms with Crippen molar-refractivity contribution in [1.29, 1.82) is 0 Å². The number of hydrogen-bond donors (Lipinski definition) is 0. The summed E-state index contributed by atoms with van der Waals surface area (Å²) in [5, 5.41) is 0. The van der Waals surface area contributed by atoms with Crippen LogP contribution in [0.1, 0.15) is 28.9 Å². The number of alkyl halides is 3. The second kappa shape index (κ2) is 6.23. The summed E-state index contributed by atoms with van der Waals surface area (Å²) in [6, 6.07) is 8.28. The molecule has 4 nitrogen and oxygen atoms in total. The Hall–Kier alpha value is -2.15. The summed E-state index contributed by atoms with van der Waals surface area (Å²) in [5.74, 6) is 0.760. The maximum absolute atomic E-state index is 12.9. The van der Waals surface area contributed by atoms with Crippen LogP contribution in [0, 0.1) is 13.8 Å². The minimum Gasteiger partial charge on any atom is -0.338 e. The molecule has 0 amide bonds. The van der Waals surface area contributed by atoms with E-state index in [0.717, 1.165) is 42.9 Å². The standard InChI is InChI=1S/C19H21F3N4/c1-12-6-13(2)24-18(23-12)25-10-16-8-17(11-25)26(16)9-14-4-3-5-15(7-14)19(20,21)22/h3-7,16-17H,8-11H2,1-2H3. The third-order valence-electron chi connectivity index (χ3n) is 5.22. The van der Waals surface area contributed by atoms with Crippen molar-refractivity contribution in [3.05, 3.63) is 52.8 Å². The molecule has 4 heterocycles. The number of anilines is 1. The number of piperazine rings is 1. The van der Waals surface area contributed by atoms with Crippen molar-refractivity contribution >= 4 is 5.95 Å². The quantitative estimate of drug-likeness (QED) is 0.836. The SMILES string of the molecule is Cc1cc(C)nc(N2CC3CC(C2)N3Cc2cccc(C(F)(F)F)c2)n1. The molecule has 3 fully saturated rings. The molecule has 3 saturated heterocycles. The normalized spacial score (nSPS) is 23.0. The van der Waals surface area contributed by atoms with Gasteiger partial charge in [0.1, 0.15) is 0 Å². The predicted octanol–water partition coefficient (Wildman–Crippen LogP) is 3.58. The first-order chi connectivity index (χ1) is 12.3. The number of halogens is 3. The molecule has 0 spiro atoms. The summed E-state index contributed by atoms with van der Waals surface area (Å²) in [6.07, 6.45) is -3.21. The van der Waals surface area contributed by atoms with Crippen molar-refractivity contribution in [2.24, 2.45) is 0 Å².